The van der Waals surface area contributed by atoms with E-state index >= 15 is 0 Å². The third kappa shape index (κ3) is 5.01. The zero-order valence-electron chi connectivity index (χ0n) is 13.9. The van der Waals surface area contributed by atoms with Crippen LogP contribution in [-0.2, 0) is 0 Å². The maximum Gasteiger partial charge on any atom is 0.0252 e. The highest BCUT2D eigenvalue weighted by atomic mass is 32.2. The van der Waals surface area contributed by atoms with Crippen molar-refractivity contribution in [3.63, 3.8) is 0 Å². The Kier molecular flexibility index (Phi) is 6.15. The molecule has 2 nitrogen and oxygen atoms in total. The Morgan fingerprint density at radius 1 is 1.33 bits per heavy atom. The van der Waals surface area contributed by atoms with Gasteiger partial charge in [-0.3, -0.25) is 4.90 Å². The number of hydrogen-bond donors (Lipinski definition) is 1. The molecule has 1 saturated heterocycles. The van der Waals surface area contributed by atoms with Gasteiger partial charge in [0.1, 0.15) is 0 Å². The molecule has 0 saturated carbocycles. The second-order valence-electron chi connectivity index (χ2n) is 6.85. The summed E-state index contributed by atoms with van der Waals surface area (Å²) in [7, 11) is 0. The van der Waals surface area contributed by atoms with E-state index in [1.54, 1.807) is 0 Å². The molecular weight excluding hydrogens is 276 g/mol. The van der Waals surface area contributed by atoms with Gasteiger partial charge in [0.15, 0.2) is 0 Å². The van der Waals surface area contributed by atoms with Crippen molar-refractivity contribution in [2.24, 2.45) is 5.92 Å². The largest absolute Gasteiger partial charge is 0.309 e. The van der Waals surface area contributed by atoms with E-state index in [1.807, 2.05) is 11.8 Å². The summed E-state index contributed by atoms with van der Waals surface area (Å²) < 4.78 is 0. The molecule has 1 aliphatic heterocycles. The van der Waals surface area contributed by atoms with E-state index in [2.05, 4.69) is 68.2 Å². The number of nitrogens with zero attached hydrogens (tertiary/aromatic N) is 1. The Balaban J connectivity index is 1.90. The number of rotatable bonds is 6. The number of nitrogens with one attached hydrogen (secondary N) is 1. The van der Waals surface area contributed by atoms with E-state index in [9.17, 15) is 0 Å². The maximum atomic E-state index is 3.71. The van der Waals surface area contributed by atoms with E-state index in [-0.39, 0.29) is 5.54 Å². The lowest BCUT2D eigenvalue weighted by atomic mass is 9.91. The van der Waals surface area contributed by atoms with Crippen molar-refractivity contribution >= 4 is 11.8 Å². The molecule has 2 rings (SSSR count). The number of piperazine rings is 1. The van der Waals surface area contributed by atoms with E-state index in [0.717, 1.165) is 19.0 Å². The molecule has 1 N–H and O–H groups in total. The normalized spacial score (nSPS) is 23.9. The number of benzene rings is 1. The lowest BCUT2D eigenvalue weighted by Crippen LogP contribution is -2.63. The Morgan fingerprint density at radius 3 is 2.71 bits per heavy atom. The molecule has 1 aromatic rings. The van der Waals surface area contributed by atoms with Crippen molar-refractivity contribution in [2.45, 2.75) is 50.6 Å². The molecule has 2 atom stereocenters. The van der Waals surface area contributed by atoms with Crippen LogP contribution < -0.4 is 5.32 Å². The molecular formula is C18H30N2S. The maximum absolute atomic E-state index is 3.71. The van der Waals surface area contributed by atoms with Crippen molar-refractivity contribution in [3.8, 4) is 0 Å². The standard InChI is InChI=1S/C18H30N2S/c1-5-15(2)17-13-19-18(3,4)14-20(17)11-12-21-16-9-7-6-8-10-16/h6-10,15,17,19H,5,11-14H2,1-4H3. The fourth-order valence-electron chi connectivity index (χ4n) is 3.07. The van der Waals surface area contributed by atoms with Gasteiger partial charge in [0.2, 0.25) is 0 Å². The zero-order valence-corrected chi connectivity index (χ0v) is 14.7. The van der Waals surface area contributed by atoms with Crippen molar-refractivity contribution in [3.05, 3.63) is 30.3 Å². The van der Waals surface area contributed by atoms with Crippen molar-refractivity contribution in [2.75, 3.05) is 25.4 Å². The monoisotopic (exact) mass is 306 g/mol. The molecule has 3 heteroatoms. The SMILES string of the molecule is CCC(C)C1CNC(C)(C)CN1CCSc1ccccc1. The highest BCUT2D eigenvalue weighted by Crippen LogP contribution is 2.24. The average Bonchev–Trinajstić information content (AvgIpc) is 2.47. The molecule has 1 aromatic carbocycles. The summed E-state index contributed by atoms with van der Waals surface area (Å²) in [5.41, 5.74) is 0.237. The van der Waals surface area contributed by atoms with E-state index in [4.69, 9.17) is 0 Å². The van der Waals surface area contributed by atoms with Gasteiger partial charge in [-0.25, -0.2) is 0 Å². The summed E-state index contributed by atoms with van der Waals surface area (Å²) in [5.74, 6) is 1.93. The minimum Gasteiger partial charge on any atom is -0.309 e. The summed E-state index contributed by atoms with van der Waals surface area (Å²) in [4.78, 5) is 4.09. The topological polar surface area (TPSA) is 15.3 Å². The lowest BCUT2D eigenvalue weighted by molar-refractivity contribution is 0.0697. The first kappa shape index (κ1) is 16.9. The molecule has 21 heavy (non-hydrogen) atoms. The van der Waals surface area contributed by atoms with Crippen LogP contribution in [0.1, 0.15) is 34.1 Å². The van der Waals surface area contributed by atoms with Crippen LogP contribution in [-0.4, -0.2) is 41.9 Å². The molecule has 2 unspecified atom stereocenters. The molecule has 1 aliphatic rings. The summed E-state index contributed by atoms with van der Waals surface area (Å²) >= 11 is 1.97. The highest BCUT2D eigenvalue weighted by Gasteiger charge is 2.34. The Bertz CT molecular complexity index is 418. The Labute approximate surface area is 134 Å². The number of thioether (sulfide) groups is 1. The van der Waals surface area contributed by atoms with Crippen LogP contribution in [0.4, 0.5) is 0 Å². The number of hydrogen-bond acceptors (Lipinski definition) is 3. The lowest BCUT2D eigenvalue weighted by Gasteiger charge is -2.46. The Morgan fingerprint density at radius 2 is 2.05 bits per heavy atom. The predicted octanol–water partition coefficient (Wildman–Crippen LogP) is 3.88. The van der Waals surface area contributed by atoms with Gasteiger partial charge >= 0.3 is 0 Å². The van der Waals surface area contributed by atoms with Crippen LogP contribution in [0.2, 0.25) is 0 Å². The van der Waals surface area contributed by atoms with E-state index < -0.39 is 0 Å². The smallest absolute Gasteiger partial charge is 0.0252 e. The summed E-state index contributed by atoms with van der Waals surface area (Å²) in [6.07, 6.45) is 1.26. The predicted molar refractivity (Wildman–Crippen MR) is 94.1 cm³/mol. The van der Waals surface area contributed by atoms with Gasteiger partial charge in [-0.1, -0.05) is 38.5 Å². The second-order valence-corrected chi connectivity index (χ2v) is 8.02. The van der Waals surface area contributed by atoms with Crippen molar-refractivity contribution in [1.29, 1.82) is 0 Å². The molecule has 0 amide bonds. The third-order valence-corrected chi connectivity index (χ3v) is 5.54. The molecule has 0 bridgehead atoms. The van der Waals surface area contributed by atoms with Crippen LogP contribution in [0.5, 0.6) is 0 Å². The Hall–Kier alpha value is -0.510. The molecule has 0 spiro atoms. The second kappa shape index (κ2) is 7.66. The summed E-state index contributed by atoms with van der Waals surface area (Å²) in [5, 5.41) is 3.71. The first-order valence-corrected chi connectivity index (χ1v) is 9.17. The summed E-state index contributed by atoms with van der Waals surface area (Å²) in [6, 6.07) is 11.4. The quantitative estimate of drug-likeness (QED) is 0.803. The summed E-state index contributed by atoms with van der Waals surface area (Å²) in [6.45, 7) is 12.8. The van der Waals surface area contributed by atoms with Crippen LogP contribution in [0.15, 0.2) is 35.2 Å². The van der Waals surface area contributed by atoms with Crippen LogP contribution in [0, 0.1) is 5.92 Å². The van der Waals surface area contributed by atoms with Gasteiger partial charge in [-0.2, -0.15) is 0 Å². The molecule has 118 valence electrons. The minimum absolute atomic E-state index is 0.237. The molecule has 1 heterocycles. The minimum atomic E-state index is 0.237. The van der Waals surface area contributed by atoms with Gasteiger partial charge in [-0.15, -0.1) is 11.8 Å². The van der Waals surface area contributed by atoms with Gasteiger partial charge in [0.25, 0.3) is 0 Å². The average molecular weight is 307 g/mol. The van der Waals surface area contributed by atoms with Gasteiger partial charge in [-0.05, 0) is 31.9 Å². The first-order chi connectivity index (χ1) is 10.0. The fraction of sp³-hybridized carbons (Fsp3) is 0.667. The van der Waals surface area contributed by atoms with E-state index in [0.29, 0.717) is 6.04 Å². The fourth-order valence-corrected chi connectivity index (χ4v) is 3.98. The molecule has 0 aromatic heterocycles. The third-order valence-electron chi connectivity index (χ3n) is 4.55. The van der Waals surface area contributed by atoms with Crippen LogP contribution in [0.25, 0.3) is 0 Å². The van der Waals surface area contributed by atoms with Crippen molar-refractivity contribution < 1.29 is 0 Å². The van der Waals surface area contributed by atoms with Gasteiger partial charge < -0.3 is 5.32 Å². The highest BCUT2D eigenvalue weighted by molar-refractivity contribution is 7.99. The zero-order chi connectivity index (χ0) is 15.3. The molecule has 1 fully saturated rings. The van der Waals surface area contributed by atoms with Crippen molar-refractivity contribution in [1.82, 2.24) is 10.2 Å². The first-order valence-electron chi connectivity index (χ1n) is 8.19. The van der Waals surface area contributed by atoms with E-state index in [1.165, 1.54) is 23.6 Å². The van der Waals surface area contributed by atoms with Crippen LogP contribution >= 0.6 is 11.8 Å². The molecule has 0 aliphatic carbocycles. The van der Waals surface area contributed by atoms with Crippen LogP contribution in [0.3, 0.4) is 0 Å². The van der Waals surface area contributed by atoms with Gasteiger partial charge in [0.05, 0.1) is 0 Å². The molecule has 0 radical (unpaired) electrons. The van der Waals surface area contributed by atoms with Gasteiger partial charge in [0, 0.05) is 41.9 Å².